The molecule has 0 saturated carbocycles. The molecule has 1 saturated heterocycles. The maximum absolute atomic E-state index is 13.0. The summed E-state index contributed by atoms with van der Waals surface area (Å²) in [7, 11) is 0. The van der Waals surface area contributed by atoms with E-state index in [0.717, 1.165) is 30.8 Å². The van der Waals surface area contributed by atoms with Crippen LogP contribution in [0.2, 0.25) is 0 Å². The van der Waals surface area contributed by atoms with Crippen molar-refractivity contribution in [1.82, 2.24) is 19.9 Å². The Labute approximate surface area is 164 Å². The summed E-state index contributed by atoms with van der Waals surface area (Å²) in [6.45, 7) is 9.57. The van der Waals surface area contributed by atoms with Crippen LogP contribution in [0, 0.1) is 5.41 Å². The summed E-state index contributed by atoms with van der Waals surface area (Å²) in [6, 6.07) is 3.99. The molecule has 2 aromatic heterocycles. The maximum atomic E-state index is 13.0. The highest BCUT2D eigenvalue weighted by atomic mass is 32.1. The number of nitrogens with zero attached hydrogens (tertiary/aromatic N) is 4. The minimum atomic E-state index is -0.421. The molecule has 1 aliphatic rings. The standard InChI is InChI=1S/C19H29N5O2S/c1-4-19(5-2,13-20)18(25)24-10-8-23(9-11-24)14(3)17-21-16(22-26-17)15-7-6-12-27-15/h6-7,12,14H,4-5,8-11,13,20H2,1-3H3. The van der Waals surface area contributed by atoms with Crippen LogP contribution in [0.25, 0.3) is 10.7 Å². The number of rotatable bonds is 7. The topological polar surface area (TPSA) is 88.5 Å². The molecule has 7 nitrogen and oxygen atoms in total. The van der Waals surface area contributed by atoms with Gasteiger partial charge in [-0.2, -0.15) is 4.98 Å². The van der Waals surface area contributed by atoms with E-state index >= 15 is 0 Å². The van der Waals surface area contributed by atoms with Crippen molar-refractivity contribution in [1.29, 1.82) is 0 Å². The first-order chi connectivity index (χ1) is 13.0. The smallest absolute Gasteiger partial charge is 0.244 e. The molecule has 1 aliphatic heterocycles. The minimum absolute atomic E-state index is 0.0279. The minimum Gasteiger partial charge on any atom is -0.340 e. The van der Waals surface area contributed by atoms with Gasteiger partial charge in [0.25, 0.3) is 0 Å². The number of aromatic nitrogens is 2. The normalized spacial score (nSPS) is 17.3. The fourth-order valence-corrected chi connectivity index (χ4v) is 4.29. The van der Waals surface area contributed by atoms with Crippen LogP contribution >= 0.6 is 11.3 Å². The fraction of sp³-hybridized carbons (Fsp3) is 0.632. The van der Waals surface area contributed by atoms with Crippen molar-refractivity contribution in [2.45, 2.75) is 39.7 Å². The third-order valence-electron chi connectivity index (χ3n) is 5.89. The van der Waals surface area contributed by atoms with E-state index in [1.165, 1.54) is 0 Å². The molecule has 0 radical (unpaired) electrons. The molecular weight excluding hydrogens is 362 g/mol. The molecular formula is C19H29N5O2S. The highest BCUT2D eigenvalue weighted by Crippen LogP contribution is 2.30. The number of carbonyl (C=O) groups is 1. The summed E-state index contributed by atoms with van der Waals surface area (Å²) < 4.78 is 5.49. The van der Waals surface area contributed by atoms with Crippen LogP contribution in [-0.4, -0.2) is 58.6 Å². The molecule has 8 heteroatoms. The number of amides is 1. The van der Waals surface area contributed by atoms with Gasteiger partial charge in [-0.05, 0) is 31.2 Å². The van der Waals surface area contributed by atoms with Crippen molar-refractivity contribution in [2.75, 3.05) is 32.7 Å². The van der Waals surface area contributed by atoms with Gasteiger partial charge < -0.3 is 15.2 Å². The highest BCUT2D eigenvalue weighted by Gasteiger charge is 2.38. The number of nitrogens with two attached hydrogens (primary N) is 1. The zero-order chi connectivity index (χ0) is 19.4. The molecule has 27 heavy (non-hydrogen) atoms. The maximum Gasteiger partial charge on any atom is 0.244 e. The molecule has 0 aromatic carbocycles. The summed E-state index contributed by atoms with van der Waals surface area (Å²) >= 11 is 1.60. The number of thiophene rings is 1. The molecule has 1 fully saturated rings. The van der Waals surface area contributed by atoms with Crippen LogP contribution in [0.5, 0.6) is 0 Å². The Morgan fingerprint density at radius 1 is 1.33 bits per heavy atom. The van der Waals surface area contributed by atoms with Crippen LogP contribution in [0.4, 0.5) is 0 Å². The highest BCUT2D eigenvalue weighted by molar-refractivity contribution is 7.13. The summed E-state index contributed by atoms with van der Waals surface area (Å²) in [5.41, 5.74) is 5.52. The molecule has 0 aliphatic carbocycles. The number of carbonyl (C=O) groups excluding carboxylic acids is 1. The monoisotopic (exact) mass is 391 g/mol. The van der Waals surface area contributed by atoms with Gasteiger partial charge >= 0.3 is 0 Å². The zero-order valence-corrected chi connectivity index (χ0v) is 17.2. The first kappa shape index (κ1) is 20.0. The van der Waals surface area contributed by atoms with E-state index in [9.17, 15) is 4.79 Å². The van der Waals surface area contributed by atoms with Crippen molar-refractivity contribution in [3.8, 4) is 10.7 Å². The van der Waals surface area contributed by atoms with Crippen molar-refractivity contribution < 1.29 is 9.32 Å². The molecule has 0 spiro atoms. The van der Waals surface area contributed by atoms with E-state index in [1.807, 2.05) is 36.3 Å². The Balaban J connectivity index is 1.61. The van der Waals surface area contributed by atoms with E-state index in [2.05, 4.69) is 22.0 Å². The van der Waals surface area contributed by atoms with Gasteiger partial charge in [0.1, 0.15) is 0 Å². The van der Waals surface area contributed by atoms with Gasteiger partial charge in [-0.15, -0.1) is 11.3 Å². The van der Waals surface area contributed by atoms with Gasteiger partial charge in [0.05, 0.1) is 16.3 Å². The van der Waals surface area contributed by atoms with Crippen LogP contribution in [-0.2, 0) is 4.79 Å². The molecule has 3 heterocycles. The predicted octanol–water partition coefficient (Wildman–Crippen LogP) is 2.77. The molecule has 1 atom stereocenters. The summed E-state index contributed by atoms with van der Waals surface area (Å²) in [5, 5.41) is 6.10. The lowest BCUT2D eigenvalue weighted by atomic mass is 9.80. The van der Waals surface area contributed by atoms with E-state index in [0.29, 0.717) is 31.3 Å². The lowest BCUT2D eigenvalue weighted by molar-refractivity contribution is -0.144. The first-order valence-electron chi connectivity index (χ1n) is 9.65. The Morgan fingerprint density at radius 3 is 2.59 bits per heavy atom. The molecule has 1 amide bonds. The van der Waals surface area contributed by atoms with E-state index in [-0.39, 0.29) is 11.9 Å². The fourth-order valence-electron chi connectivity index (χ4n) is 3.64. The lowest BCUT2D eigenvalue weighted by Crippen LogP contribution is -2.55. The van der Waals surface area contributed by atoms with Crippen molar-refractivity contribution in [3.05, 3.63) is 23.4 Å². The molecule has 3 rings (SSSR count). The van der Waals surface area contributed by atoms with E-state index in [4.69, 9.17) is 10.3 Å². The molecule has 2 aromatic rings. The first-order valence-corrected chi connectivity index (χ1v) is 10.5. The Bertz CT molecular complexity index is 725. The summed E-state index contributed by atoms with van der Waals surface area (Å²) in [6.07, 6.45) is 1.56. The largest absolute Gasteiger partial charge is 0.340 e. The van der Waals surface area contributed by atoms with Gasteiger partial charge in [-0.3, -0.25) is 9.69 Å². The van der Waals surface area contributed by atoms with Crippen LogP contribution < -0.4 is 5.73 Å². The molecule has 148 valence electrons. The average molecular weight is 392 g/mol. The third-order valence-corrected chi connectivity index (χ3v) is 6.75. The van der Waals surface area contributed by atoms with Gasteiger partial charge in [-0.1, -0.05) is 25.1 Å². The average Bonchev–Trinajstić information content (AvgIpc) is 3.41. The Morgan fingerprint density at radius 2 is 2.04 bits per heavy atom. The van der Waals surface area contributed by atoms with Gasteiger partial charge in [-0.25, -0.2) is 0 Å². The number of hydrogen-bond donors (Lipinski definition) is 1. The molecule has 2 N–H and O–H groups in total. The SMILES string of the molecule is CCC(CC)(CN)C(=O)N1CCN(C(C)c2nc(-c3cccs3)no2)CC1. The van der Waals surface area contributed by atoms with E-state index in [1.54, 1.807) is 11.3 Å². The number of hydrogen-bond acceptors (Lipinski definition) is 7. The quantitative estimate of drug-likeness (QED) is 0.781. The van der Waals surface area contributed by atoms with Gasteiger partial charge in [0, 0.05) is 32.7 Å². The predicted molar refractivity (Wildman–Crippen MR) is 106 cm³/mol. The van der Waals surface area contributed by atoms with Crippen molar-refractivity contribution in [2.24, 2.45) is 11.1 Å². The van der Waals surface area contributed by atoms with Gasteiger partial charge in [0.15, 0.2) is 0 Å². The van der Waals surface area contributed by atoms with E-state index < -0.39 is 5.41 Å². The number of piperazine rings is 1. The molecule has 1 unspecified atom stereocenters. The zero-order valence-electron chi connectivity index (χ0n) is 16.4. The Kier molecular flexibility index (Phi) is 6.29. The van der Waals surface area contributed by atoms with Crippen LogP contribution in [0.3, 0.4) is 0 Å². The summed E-state index contributed by atoms with van der Waals surface area (Å²) in [4.78, 5) is 22.8. The Hall–Kier alpha value is -1.77. The second-order valence-electron chi connectivity index (χ2n) is 7.13. The van der Waals surface area contributed by atoms with Crippen molar-refractivity contribution >= 4 is 17.2 Å². The second kappa shape index (κ2) is 8.50. The van der Waals surface area contributed by atoms with Crippen LogP contribution in [0.1, 0.15) is 45.5 Å². The third kappa shape index (κ3) is 3.93. The van der Waals surface area contributed by atoms with Gasteiger partial charge in [0.2, 0.25) is 17.6 Å². The van der Waals surface area contributed by atoms with Crippen molar-refractivity contribution in [3.63, 3.8) is 0 Å². The summed E-state index contributed by atoms with van der Waals surface area (Å²) in [5.74, 6) is 1.45. The molecule has 0 bridgehead atoms. The lowest BCUT2D eigenvalue weighted by Gasteiger charge is -2.41. The van der Waals surface area contributed by atoms with Crippen LogP contribution in [0.15, 0.2) is 22.0 Å². The second-order valence-corrected chi connectivity index (χ2v) is 8.08.